The van der Waals surface area contributed by atoms with Gasteiger partial charge in [0.2, 0.25) is 7.50 Å². The molecular formula is C14H14I+. The largest absolute Gasteiger partial charge is 0.420 e. The van der Waals surface area contributed by atoms with Crippen LogP contribution in [0.15, 0.2) is 30.3 Å². The maximum absolute atomic E-state index is 3.16. The third-order valence-corrected chi connectivity index (χ3v) is 3.62. The summed E-state index contributed by atoms with van der Waals surface area (Å²) in [6.45, 7) is 2.17. The lowest BCUT2D eigenvalue weighted by Gasteiger charge is -1.80. The van der Waals surface area contributed by atoms with Crippen molar-refractivity contribution in [3.8, 4) is 21.7 Å². The zero-order valence-corrected chi connectivity index (χ0v) is 11.0. The molecule has 15 heavy (non-hydrogen) atoms. The normalized spacial score (nSPS) is 8.33. The van der Waals surface area contributed by atoms with Gasteiger partial charge < -0.3 is 0 Å². The maximum atomic E-state index is 3.16. The van der Waals surface area contributed by atoms with Gasteiger partial charge in [-0.15, -0.1) is 0 Å². The van der Waals surface area contributed by atoms with E-state index in [1.807, 2.05) is 6.07 Å². The van der Waals surface area contributed by atoms with Crippen molar-refractivity contribution in [1.29, 1.82) is 0 Å². The third-order valence-electron chi connectivity index (χ3n) is 1.74. The monoisotopic (exact) mass is 309 g/mol. The van der Waals surface area contributed by atoms with Crippen LogP contribution in [0.4, 0.5) is 0 Å². The Bertz CT molecular complexity index is 384. The van der Waals surface area contributed by atoms with Crippen molar-refractivity contribution in [2.45, 2.75) is 26.2 Å². The van der Waals surface area contributed by atoms with Crippen molar-refractivity contribution in [2.75, 3.05) is 0 Å². The average Bonchev–Trinajstić information content (AvgIpc) is 2.29. The van der Waals surface area contributed by atoms with Crippen LogP contribution in [0, 0.1) is 25.3 Å². The Morgan fingerprint density at radius 2 is 1.93 bits per heavy atom. The lowest BCUT2D eigenvalue weighted by Crippen LogP contribution is -3.59. The highest BCUT2D eigenvalue weighted by Gasteiger charge is 2.05. The molecule has 0 aromatic heterocycles. The Balaban J connectivity index is 2.30. The van der Waals surface area contributed by atoms with Gasteiger partial charge in [-0.2, -0.15) is 0 Å². The summed E-state index contributed by atoms with van der Waals surface area (Å²) in [5, 5.41) is 0. The molecule has 0 saturated carbocycles. The van der Waals surface area contributed by atoms with Gasteiger partial charge in [0.15, 0.2) is 0 Å². The minimum atomic E-state index is -0.163. The number of halogens is 1. The minimum Gasteiger partial charge on any atom is -0.0890 e. The first kappa shape index (κ1) is 12.1. The van der Waals surface area contributed by atoms with Gasteiger partial charge in [-0.1, -0.05) is 37.5 Å². The van der Waals surface area contributed by atoms with E-state index in [2.05, 4.69) is 52.9 Å². The van der Waals surface area contributed by atoms with Crippen molar-refractivity contribution in [3.63, 3.8) is 0 Å². The molecule has 0 fully saturated rings. The van der Waals surface area contributed by atoms with Crippen LogP contribution in [0.1, 0.15) is 26.2 Å². The number of hydrogen-bond acceptors (Lipinski definition) is 0. The second-order valence-electron chi connectivity index (χ2n) is 3.01. The van der Waals surface area contributed by atoms with Crippen molar-refractivity contribution in [1.82, 2.24) is 0 Å². The lowest BCUT2D eigenvalue weighted by atomic mass is 10.2. The van der Waals surface area contributed by atoms with Crippen molar-refractivity contribution in [3.05, 3.63) is 33.9 Å². The smallest absolute Gasteiger partial charge is 0.0890 e. The Hall–Kier alpha value is -0.930. The number of unbranched alkanes of at least 4 members (excludes halogenated alkanes) is 2. The second-order valence-corrected chi connectivity index (χ2v) is 5.34. The lowest BCUT2D eigenvalue weighted by molar-refractivity contribution is -0.535. The molecule has 0 aliphatic rings. The first-order valence-electron chi connectivity index (χ1n) is 5.10. The number of rotatable bonds is 3. The summed E-state index contributed by atoms with van der Waals surface area (Å²) < 4.78 is 4.53. The quantitative estimate of drug-likeness (QED) is 0.422. The molecule has 0 radical (unpaired) electrons. The molecule has 0 unspecified atom stereocenters. The summed E-state index contributed by atoms with van der Waals surface area (Å²) >= 11 is -0.163. The minimum absolute atomic E-state index is 0.163. The predicted octanol–water partition coefficient (Wildman–Crippen LogP) is 0.0997. The van der Waals surface area contributed by atoms with Gasteiger partial charge in [0.25, 0.3) is 0 Å². The zero-order chi connectivity index (χ0) is 10.8. The van der Waals surface area contributed by atoms with Crippen LogP contribution >= 0.6 is 0 Å². The van der Waals surface area contributed by atoms with E-state index in [-0.39, 0.29) is 21.2 Å². The topological polar surface area (TPSA) is 0 Å². The summed E-state index contributed by atoms with van der Waals surface area (Å²) in [6.07, 6.45) is 3.37. The molecule has 0 saturated heterocycles. The fraction of sp³-hybridized carbons (Fsp3) is 0.286. The van der Waals surface area contributed by atoms with Gasteiger partial charge in [-0.3, -0.25) is 0 Å². The van der Waals surface area contributed by atoms with Crippen LogP contribution in [0.25, 0.3) is 0 Å². The Labute approximate surface area is 103 Å². The highest BCUT2D eigenvalue weighted by Crippen LogP contribution is 1.89. The van der Waals surface area contributed by atoms with E-state index >= 15 is 0 Å². The molecular weight excluding hydrogens is 295 g/mol. The molecule has 0 heterocycles. The van der Waals surface area contributed by atoms with Gasteiger partial charge >= 0.3 is 21.2 Å². The molecule has 0 bridgehead atoms. The fourth-order valence-corrected chi connectivity index (χ4v) is 2.31. The SMILES string of the molecule is CCCCC#CC#C[I+]c1ccccc1. The predicted molar refractivity (Wildman–Crippen MR) is 60.2 cm³/mol. The van der Waals surface area contributed by atoms with Gasteiger partial charge in [-0.05, 0) is 24.5 Å². The highest BCUT2D eigenvalue weighted by molar-refractivity contribution is 5.23. The number of hydrogen-bond donors (Lipinski definition) is 0. The molecule has 1 aromatic rings. The fourth-order valence-electron chi connectivity index (χ4n) is 0.951. The first-order valence-corrected chi connectivity index (χ1v) is 7.26. The molecule has 76 valence electrons. The van der Waals surface area contributed by atoms with Gasteiger partial charge in [-0.25, -0.2) is 0 Å². The van der Waals surface area contributed by atoms with Crippen LogP contribution < -0.4 is 21.2 Å². The van der Waals surface area contributed by atoms with Crippen LogP contribution in [0.3, 0.4) is 0 Å². The van der Waals surface area contributed by atoms with E-state index in [4.69, 9.17) is 0 Å². The molecule has 0 N–H and O–H groups in total. The molecule has 1 heteroatoms. The van der Waals surface area contributed by atoms with E-state index in [9.17, 15) is 0 Å². The molecule has 0 spiro atoms. The van der Waals surface area contributed by atoms with Gasteiger partial charge in [0, 0.05) is 12.3 Å². The zero-order valence-electron chi connectivity index (χ0n) is 8.89. The maximum Gasteiger partial charge on any atom is 0.420 e. The average molecular weight is 309 g/mol. The van der Waals surface area contributed by atoms with E-state index in [0.29, 0.717) is 0 Å². The second kappa shape index (κ2) is 8.38. The molecule has 1 aromatic carbocycles. The van der Waals surface area contributed by atoms with Crippen LogP contribution in [-0.4, -0.2) is 0 Å². The van der Waals surface area contributed by atoms with E-state index in [1.165, 1.54) is 16.4 Å². The van der Waals surface area contributed by atoms with Crippen LogP contribution in [0.2, 0.25) is 0 Å². The molecule has 0 atom stereocenters. The molecule has 0 aliphatic heterocycles. The van der Waals surface area contributed by atoms with E-state index in [1.54, 1.807) is 0 Å². The Morgan fingerprint density at radius 1 is 1.13 bits per heavy atom. The van der Waals surface area contributed by atoms with E-state index < -0.39 is 0 Å². The van der Waals surface area contributed by atoms with Crippen LogP contribution in [0.5, 0.6) is 0 Å². The van der Waals surface area contributed by atoms with Crippen LogP contribution in [-0.2, 0) is 0 Å². The van der Waals surface area contributed by atoms with Gasteiger partial charge in [0.05, 0.1) is 0 Å². The van der Waals surface area contributed by atoms with Crippen molar-refractivity contribution in [2.24, 2.45) is 0 Å². The molecule has 0 amide bonds. The summed E-state index contributed by atoms with van der Waals surface area (Å²) in [4.78, 5) is 0. The standard InChI is InChI=1S/C14H14I/c1-2-3-4-5-6-10-13-15-14-11-8-7-9-12-14/h7-9,11-12H,2-4H2,1H3/q+1. The Morgan fingerprint density at radius 3 is 2.67 bits per heavy atom. The van der Waals surface area contributed by atoms with Crippen molar-refractivity contribution < 1.29 is 21.2 Å². The molecule has 0 aliphatic carbocycles. The third kappa shape index (κ3) is 6.20. The van der Waals surface area contributed by atoms with Gasteiger partial charge in [0.1, 0.15) is 0 Å². The number of benzene rings is 1. The summed E-state index contributed by atoms with van der Waals surface area (Å²) in [5.74, 6) is 8.90. The molecule has 1 rings (SSSR count). The summed E-state index contributed by atoms with van der Waals surface area (Å²) in [6, 6.07) is 10.4. The summed E-state index contributed by atoms with van der Waals surface area (Å²) in [5.41, 5.74) is 0. The summed E-state index contributed by atoms with van der Waals surface area (Å²) in [7, 11) is 0. The molecule has 0 nitrogen and oxygen atoms in total. The van der Waals surface area contributed by atoms with E-state index in [0.717, 1.165) is 6.42 Å². The van der Waals surface area contributed by atoms with Crippen molar-refractivity contribution >= 4 is 0 Å². The first-order chi connectivity index (χ1) is 7.43. The Kier molecular flexibility index (Phi) is 6.79. The highest BCUT2D eigenvalue weighted by atomic mass is 127.